The van der Waals surface area contributed by atoms with Crippen molar-refractivity contribution in [1.82, 2.24) is 0 Å². The molecular weight excluding hydrogens is 252 g/mol. The first-order valence-electron chi connectivity index (χ1n) is 3.90. The SMILES string of the molecule is Cc1ccc([S@](=O)CCO)cc1Br. The van der Waals surface area contributed by atoms with E-state index in [0.717, 1.165) is 14.9 Å². The number of benzene rings is 1. The van der Waals surface area contributed by atoms with Crippen molar-refractivity contribution < 1.29 is 9.32 Å². The number of rotatable bonds is 3. The van der Waals surface area contributed by atoms with Gasteiger partial charge in [-0.05, 0) is 24.6 Å². The third kappa shape index (κ3) is 2.90. The van der Waals surface area contributed by atoms with Crippen LogP contribution in [0.2, 0.25) is 0 Å². The van der Waals surface area contributed by atoms with E-state index in [9.17, 15) is 4.21 Å². The van der Waals surface area contributed by atoms with Crippen LogP contribution in [0.15, 0.2) is 27.6 Å². The molecule has 13 heavy (non-hydrogen) atoms. The molecule has 1 aromatic carbocycles. The fourth-order valence-electron chi connectivity index (χ4n) is 0.916. The second-order valence-corrected chi connectivity index (χ2v) is 5.11. The summed E-state index contributed by atoms with van der Waals surface area (Å²) in [6.07, 6.45) is 0. The molecule has 0 aromatic heterocycles. The Labute approximate surface area is 88.6 Å². The van der Waals surface area contributed by atoms with Crippen LogP contribution in [0.5, 0.6) is 0 Å². The summed E-state index contributed by atoms with van der Waals surface area (Å²) in [5.41, 5.74) is 1.12. The molecule has 72 valence electrons. The van der Waals surface area contributed by atoms with Crippen molar-refractivity contribution in [2.45, 2.75) is 11.8 Å². The topological polar surface area (TPSA) is 37.3 Å². The minimum Gasteiger partial charge on any atom is -0.395 e. The minimum absolute atomic E-state index is 0.0435. The first-order valence-corrected chi connectivity index (χ1v) is 6.01. The van der Waals surface area contributed by atoms with E-state index >= 15 is 0 Å². The summed E-state index contributed by atoms with van der Waals surface area (Å²) in [7, 11) is -1.08. The quantitative estimate of drug-likeness (QED) is 0.903. The largest absolute Gasteiger partial charge is 0.395 e. The van der Waals surface area contributed by atoms with Crippen LogP contribution in [0.25, 0.3) is 0 Å². The maximum Gasteiger partial charge on any atom is 0.0553 e. The van der Waals surface area contributed by atoms with E-state index in [1.807, 2.05) is 25.1 Å². The van der Waals surface area contributed by atoms with Crippen LogP contribution < -0.4 is 0 Å². The summed E-state index contributed by atoms with van der Waals surface area (Å²) >= 11 is 3.37. The summed E-state index contributed by atoms with van der Waals surface area (Å²) in [5.74, 6) is 0.301. The van der Waals surface area contributed by atoms with E-state index in [0.29, 0.717) is 5.75 Å². The standard InChI is InChI=1S/C9H11BrO2S/c1-7-2-3-8(6-9(7)10)13(12)5-4-11/h2-3,6,11H,4-5H2,1H3/t13-/m1/s1. The maximum atomic E-state index is 11.4. The molecule has 0 saturated heterocycles. The highest BCUT2D eigenvalue weighted by molar-refractivity contribution is 9.10. The van der Waals surface area contributed by atoms with Gasteiger partial charge in [-0.3, -0.25) is 4.21 Å². The Kier molecular flexibility index (Phi) is 4.09. The number of aliphatic hydroxyl groups is 1. The van der Waals surface area contributed by atoms with E-state index in [1.54, 1.807) is 0 Å². The fourth-order valence-corrected chi connectivity index (χ4v) is 2.32. The average Bonchev–Trinajstić information content (AvgIpc) is 2.10. The fraction of sp³-hybridized carbons (Fsp3) is 0.333. The molecule has 0 heterocycles. The van der Waals surface area contributed by atoms with Gasteiger partial charge in [-0.25, -0.2) is 0 Å². The van der Waals surface area contributed by atoms with Crippen LogP contribution in [-0.2, 0) is 10.8 Å². The molecule has 0 aliphatic rings. The van der Waals surface area contributed by atoms with Crippen molar-refractivity contribution in [3.8, 4) is 0 Å². The van der Waals surface area contributed by atoms with E-state index in [4.69, 9.17) is 5.11 Å². The highest BCUT2D eigenvalue weighted by atomic mass is 79.9. The number of halogens is 1. The summed E-state index contributed by atoms with van der Waals surface area (Å²) in [4.78, 5) is 0.756. The van der Waals surface area contributed by atoms with Crippen molar-refractivity contribution in [3.63, 3.8) is 0 Å². The third-order valence-corrected chi connectivity index (χ3v) is 3.87. The molecule has 0 aliphatic carbocycles. The average molecular weight is 263 g/mol. The van der Waals surface area contributed by atoms with Gasteiger partial charge in [0, 0.05) is 9.37 Å². The van der Waals surface area contributed by atoms with Crippen molar-refractivity contribution in [2.75, 3.05) is 12.4 Å². The van der Waals surface area contributed by atoms with Gasteiger partial charge < -0.3 is 5.11 Å². The van der Waals surface area contributed by atoms with Crippen LogP contribution in [-0.4, -0.2) is 21.7 Å². The molecule has 4 heteroatoms. The Balaban J connectivity index is 2.90. The Morgan fingerprint density at radius 2 is 2.23 bits per heavy atom. The highest BCUT2D eigenvalue weighted by Crippen LogP contribution is 2.19. The molecule has 0 amide bonds. The molecule has 1 rings (SSSR count). The molecule has 0 saturated carbocycles. The molecule has 0 fully saturated rings. The lowest BCUT2D eigenvalue weighted by Crippen LogP contribution is -2.02. The van der Waals surface area contributed by atoms with Crippen LogP contribution in [0.4, 0.5) is 0 Å². The van der Waals surface area contributed by atoms with Crippen LogP contribution in [0.3, 0.4) is 0 Å². The number of hydrogen-bond donors (Lipinski definition) is 1. The normalized spacial score (nSPS) is 12.8. The van der Waals surface area contributed by atoms with Gasteiger partial charge in [0.2, 0.25) is 0 Å². The second kappa shape index (κ2) is 4.88. The van der Waals surface area contributed by atoms with Crippen LogP contribution in [0.1, 0.15) is 5.56 Å². The predicted molar refractivity (Wildman–Crippen MR) is 57.2 cm³/mol. The smallest absolute Gasteiger partial charge is 0.0553 e. The van der Waals surface area contributed by atoms with Gasteiger partial charge in [0.05, 0.1) is 23.2 Å². The molecule has 0 aliphatic heterocycles. The summed E-state index contributed by atoms with van der Waals surface area (Å²) in [5, 5.41) is 8.62. The molecule has 1 atom stereocenters. The van der Waals surface area contributed by atoms with E-state index in [-0.39, 0.29) is 6.61 Å². The summed E-state index contributed by atoms with van der Waals surface area (Å²) in [6, 6.07) is 5.57. The monoisotopic (exact) mass is 262 g/mol. The van der Waals surface area contributed by atoms with Gasteiger partial charge in [0.15, 0.2) is 0 Å². The Morgan fingerprint density at radius 3 is 2.77 bits per heavy atom. The highest BCUT2D eigenvalue weighted by Gasteiger charge is 2.04. The number of aryl methyl sites for hydroxylation is 1. The summed E-state index contributed by atoms with van der Waals surface area (Å²) in [6.45, 7) is 1.93. The molecule has 1 aromatic rings. The second-order valence-electron chi connectivity index (χ2n) is 2.68. The van der Waals surface area contributed by atoms with Crippen LogP contribution >= 0.6 is 15.9 Å². The first-order chi connectivity index (χ1) is 6.15. The van der Waals surface area contributed by atoms with Gasteiger partial charge in [0.1, 0.15) is 0 Å². The van der Waals surface area contributed by atoms with E-state index < -0.39 is 10.8 Å². The van der Waals surface area contributed by atoms with Crippen molar-refractivity contribution in [3.05, 3.63) is 28.2 Å². The molecule has 0 unspecified atom stereocenters. The van der Waals surface area contributed by atoms with E-state index in [1.165, 1.54) is 0 Å². The zero-order chi connectivity index (χ0) is 9.84. The zero-order valence-corrected chi connectivity index (χ0v) is 9.69. The predicted octanol–water partition coefficient (Wildman–Crippen LogP) is 1.86. The van der Waals surface area contributed by atoms with Crippen LogP contribution in [0, 0.1) is 6.92 Å². The first kappa shape index (κ1) is 10.9. The van der Waals surface area contributed by atoms with Gasteiger partial charge >= 0.3 is 0 Å². The number of hydrogen-bond acceptors (Lipinski definition) is 2. The molecule has 0 radical (unpaired) electrons. The molecule has 1 N–H and O–H groups in total. The lowest BCUT2D eigenvalue weighted by molar-refractivity contribution is 0.321. The number of aliphatic hydroxyl groups excluding tert-OH is 1. The third-order valence-electron chi connectivity index (χ3n) is 1.68. The molecule has 2 nitrogen and oxygen atoms in total. The maximum absolute atomic E-state index is 11.4. The lowest BCUT2D eigenvalue weighted by atomic mass is 10.2. The van der Waals surface area contributed by atoms with Crippen molar-refractivity contribution in [1.29, 1.82) is 0 Å². The Bertz CT molecular complexity index is 325. The van der Waals surface area contributed by atoms with Gasteiger partial charge in [-0.15, -0.1) is 0 Å². The lowest BCUT2D eigenvalue weighted by Gasteiger charge is -2.02. The van der Waals surface area contributed by atoms with Crippen molar-refractivity contribution >= 4 is 26.7 Å². The van der Waals surface area contributed by atoms with Crippen molar-refractivity contribution in [2.24, 2.45) is 0 Å². The molecule has 0 spiro atoms. The zero-order valence-electron chi connectivity index (χ0n) is 7.29. The Hall–Kier alpha value is -0.190. The van der Waals surface area contributed by atoms with Gasteiger partial charge in [0.25, 0.3) is 0 Å². The Morgan fingerprint density at radius 1 is 1.54 bits per heavy atom. The van der Waals surface area contributed by atoms with Gasteiger partial charge in [-0.2, -0.15) is 0 Å². The van der Waals surface area contributed by atoms with Gasteiger partial charge in [-0.1, -0.05) is 22.0 Å². The minimum atomic E-state index is -1.08. The molecule has 0 bridgehead atoms. The summed E-state index contributed by atoms with van der Waals surface area (Å²) < 4.78 is 12.4. The molecular formula is C9H11BrO2S. The van der Waals surface area contributed by atoms with E-state index in [2.05, 4.69) is 15.9 Å².